The van der Waals surface area contributed by atoms with Gasteiger partial charge < -0.3 is 5.32 Å². The summed E-state index contributed by atoms with van der Waals surface area (Å²) < 4.78 is 27.7. The summed E-state index contributed by atoms with van der Waals surface area (Å²) in [6.07, 6.45) is 2.84. The quantitative estimate of drug-likeness (QED) is 0.720. The van der Waals surface area contributed by atoms with E-state index >= 15 is 0 Å². The molecule has 1 atom stereocenters. The van der Waals surface area contributed by atoms with E-state index in [-0.39, 0.29) is 17.3 Å². The fraction of sp³-hybridized carbons (Fsp3) is 0.238. The largest absolute Gasteiger partial charge is 0.349 e. The third-order valence-corrected chi connectivity index (χ3v) is 6.91. The monoisotopic (exact) mass is 395 g/mol. The second-order valence-corrected chi connectivity index (χ2v) is 8.71. The van der Waals surface area contributed by atoms with Crippen molar-refractivity contribution in [1.82, 2.24) is 14.6 Å². The normalized spacial score (nSPS) is 17.6. The van der Waals surface area contributed by atoms with Gasteiger partial charge in [-0.3, -0.25) is 9.78 Å². The summed E-state index contributed by atoms with van der Waals surface area (Å²) >= 11 is 0. The fourth-order valence-electron chi connectivity index (χ4n) is 3.55. The van der Waals surface area contributed by atoms with Crippen LogP contribution in [0.15, 0.2) is 71.8 Å². The van der Waals surface area contributed by atoms with Crippen LogP contribution >= 0.6 is 0 Å². The van der Waals surface area contributed by atoms with E-state index in [1.54, 1.807) is 30.5 Å². The van der Waals surface area contributed by atoms with Crippen molar-refractivity contribution < 1.29 is 13.2 Å². The van der Waals surface area contributed by atoms with Gasteiger partial charge in [0.1, 0.15) is 6.04 Å². The summed E-state index contributed by atoms with van der Waals surface area (Å²) in [7, 11) is -3.75. The number of nitrogens with one attached hydrogen (secondary N) is 1. The summed E-state index contributed by atoms with van der Waals surface area (Å²) in [5.41, 5.74) is 0.734. The average Bonchev–Trinajstić information content (AvgIpc) is 3.23. The predicted molar refractivity (Wildman–Crippen MR) is 107 cm³/mol. The SMILES string of the molecule is O=C(NCc1ccccn1)C1CCCN1S(=O)(=O)c1ccc2ccccc2c1. The molecule has 1 N–H and O–H groups in total. The molecular weight excluding hydrogens is 374 g/mol. The molecule has 0 saturated carbocycles. The van der Waals surface area contributed by atoms with Crippen LogP contribution in [0.3, 0.4) is 0 Å². The van der Waals surface area contributed by atoms with Crippen LogP contribution in [0.5, 0.6) is 0 Å². The Hall–Kier alpha value is -2.77. The third kappa shape index (κ3) is 3.63. The maximum atomic E-state index is 13.2. The first kappa shape index (κ1) is 18.6. The molecule has 0 aliphatic carbocycles. The summed E-state index contributed by atoms with van der Waals surface area (Å²) in [5, 5.41) is 4.66. The molecule has 3 aromatic rings. The lowest BCUT2D eigenvalue weighted by Gasteiger charge is -2.23. The molecule has 7 heteroatoms. The highest BCUT2D eigenvalue weighted by Crippen LogP contribution is 2.28. The number of nitrogens with zero attached hydrogens (tertiary/aromatic N) is 2. The molecule has 0 spiro atoms. The minimum Gasteiger partial charge on any atom is -0.349 e. The average molecular weight is 395 g/mol. The van der Waals surface area contributed by atoms with Crippen LogP contribution in [-0.2, 0) is 21.4 Å². The number of benzene rings is 2. The van der Waals surface area contributed by atoms with Gasteiger partial charge in [0, 0.05) is 12.7 Å². The summed E-state index contributed by atoms with van der Waals surface area (Å²) in [4.78, 5) is 17.1. The third-order valence-electron chi connectivity index (χ3n) is 5.00. The van der Waals surface area contributed by atoms with Gasteiger partial charge in [-0.1, -0.05) is 36.4 Å². The molecule has 1 aromatic heterocycles. The van der Waals surface area contributed by atoms with Crippen molar-refractivity contribution in [3.05, 3.63) is 72.6 Å². The minimum absolute atomic E-state index is 0.218. The molecular formula is C21H21N3O3S. The van der Waals surface area contributed by atoms with E-state index in [9.17, 15) is 13.2 Å². The highest BCUT2D eigenvalue weighted by atomic mass is 32.2. The van der Waals surface area contributed by atoms with Crippen LogP contribution < -0.4 is 5.32 Å². The zero-order chi connectivity index (χ0) is 19.6. The summed E-state index contributed by atoms with van der Waals surface area (Å²) in [6, 6.07) is 17.5. The topological polar surface area (TPSA) is 79.4 Å². The number of pyridine rings is 1. The molecule has 4 rings (SSSR count). The number of hydrogen-bond donors (Lipinski definition) is 1. The van der Waals surface area contributed by atoms with Crippen molar-refractivity contribution in [2.24, 2.45) is 0 Å². The van der Waals surface area contributed by atoms with E-state index in [0.717, 1.165) is 16.5 Å². The van der Waals surface area contributed by atoms with Crippen LogP contribution in [-0.4, -0.2) is 36.2 Å². The van der Waals surface area contributed by atoms with E-state index in [0.29, 0.717) is 19.4 Å². The lowest BCUT2D eigenvalue weighted by atomic mass is 10.1. The molecule has 6 nitrogen and oxygen atoms in total. The van der Waals surface area contributed by atoms with Crippen LogP contribution in [0.25, 0.3) is 10.8 Å². The molecule has 1 aliphatic heterocycles. The number of fused-ring (bicyclic) bond motifs is 1. The van der Waals surface area contributed by atoms with Gasteiger partial charge >= 0.3 is 0 Å². The Morgan fingerprint density at radius 1 is 1.07 bits per heavy atom. The van der Waals surface area contributed by atoms with Crippen molar-refractivity contribution in [2.45, 2.75) is 30.3 Å². The highest BCUT2D eigenvalue weighted by Gasteiger charge is 2.39. The molecule has 0 radical (unpaired) electrons. The smallest absolute Gasteiger partial charge is 0.243 e. The predicted octanol–water partition coefficient (Wildman–Crippen LogP) is 2.70. The van der Waals surface area contributed by atoms with E-state index in [2.05, 4.69) is 10.3 Å². The Labute approximate surface area is 164 Å². The number of sulfonamides is 1. The molecule has 28 heavy (non-hydrogen) atoms. The van der Waals surface area contributed by atoms with Crippen LogP contribution in [0.4, 0.5) is 0 Å². The second-order valence-electron chi connectivity index (χ2n) is 6.82. The van der Waals surface area contributed by atoms with Gasteiger partial charge in [-0.2, -0.15) is 4.31 Å². The van der Waals surface area contributed by atoms with Crippen LogP contribution in [0, 0.1) is 0 Å². The van der Waals surface area contributed by atoms with E-state index in [1.807, 2.05) is 36.4 Å². The molecule has 2 heterocycles. The Kier molecular flexibility index (Phi) is 5.11. The first-order chi connectivity index (χ1) is 13.6. The van der Waals surface area contributed by atoms with Gasteiger partial charge in [0.25, 0.3) is 0 Å². The van der Waals surface area contributed by atoms with Crippen LogP contribution in [0.1, 0.15) is 18.5 Å². The van der Waals surface area contributed by atoms with Gasteiger partial charge in [-0.25, -0.2) is 8.42 Å². The minimum atomic E-state index is -3.75. The molecule has 2 aromatic carbocycles. The number of amides is 1. The van der Waals surface area contributed by atoms with Gasteiger partial charge in [-0.15, -0.1) is 0 Å². The maximum absolute atomic E-state index is 13.2. The zero-order valence-electron chi connectivity index (χ0n) is 15.3. The number of carbonyl (C=O) groups excluding carboxylic acids is 1. The molecule has 1 amide bonds. The van der Waals surface area contributed by atoms with E-state index in [4.69, 9.17) is 0 Å². The van der Waals surface area contributed by atoms with Crippen LogP contribution in [0.2, 0.25) is 0 Å². The van der Waals surface area contributed by atoms with Crippen molar-refractivity contribution in [2.75, 3.05) is 6.54 Å². The Morgan fingerprint density at radius 3 is 2.64 bits per heavy atom. The molecule has 1 saturated heterocycles. The maximum Gasteiger partial charge on any atom is 0.243 e. The number of rotatable bonds is 5. The van der Waals surface area contributed by atoms with Crippen molar-refractivity contribution in [3.8, 4) is 0 Å². The molecule has 1 unspecified atom stereocenters. The molecule has 1 fully saturated rings. The Morgan fingerprint density at radius 2 is 1.86 bits per heavy atom. The van der Waals surface area contributed by atoms with E-state index < -0.39 is 16.1 Å². The number of hydrogen-bond acceptors (Lipinski definition) is 4. The molecule has 0 bridgehead atoms. The fourth-order valence-corrected chi connectivity index (χ4v) is 5.24. The van der Waals surface area contributed by atoms with Crippen molar-refractivity contribution >= 4 is 26.7 Å². The number of aromatic nitrogens is 1. The van der Waals surface area contributed by atoms with Gasteiger partial charge in [-0.05, 0) is 47.9 Å². The lowest BCUT2D eigenvalue weighted by Crippen LogP contribution is -2.45. The summed E-state index contributed by atoms with van der Waals surface area (Å²) in [5.74, 6) is -0.285. The first-order valence-corrected chi connectivity index (χ1v) is 10.7. The van der Waals surface area contributed by atoms with Crippen molar-refractivity contribution in [3.63, 3.8) is 0 Å². The lowest BCUT2D eigenvalue weighted by molar-refractivity contribution is -0.124. The Balaban J connectivity index is 1.54. The van der Waals surface area contributed by atoms with Gasteiger partial charge in [0.05, 0.1) is 17.1 Å². The summed E-state index contributed by atoms with van der Waals surface area (Å²) in [6.45, 7) is 0.622. The zero-order valence-corrected chi connectivity index (χ0v) is 16.1. The molecule has 144 valence electrons. The van der Waals surface area contributed by atoms with Gasteiger partial charge in [0.2, 0.25) is 15.9 Å². The number of carbonyl (C=O) groups is 1. The standard InChI is InChI=1S/C21H21N3O3S/c25-21(23-15-18-8-3-4-12-22-18)20-9-5-13-24(20)28(26,27)19-11-10-16-6-1-2-7-17(16)14-19/h1-4,6-8,10-12,14,20H,5,9,13,15H2,(H,23,25). The van der Waals surface area contributed by atoms with Gasteiger partial charge in [0.15, 0.2) is 0 Å². The first-order valence-electron chi connectivity index (χ1n) is 9.24. The van der Waals surface area contributed by atoms with E-state index in [1.165, 1.54) is 4.31 Å². The highest BCUT2D eigenvalue weighted by molar-refractivity contribution is 7.89. The van der Waals surface area contributed by atoms with Crippen molar-refractivity contribution in [1.29, 1.82) is 0 Å². The molecule has 1 aliphatic rings. The Bertz CT molecular complexity index is 1100. The second kappa shape index (κ2) is 7.69.